The predicted molar refractivity (Wildman–Crippen MR) is 107 cm³/mol. The number of aromatic nitrogens is 3. The lowest BCUT2D eigenvalue weighted by Gasteiger charge is -2.20. The van der Waals surface area contributed by atoms with Crippen LogP contribution in [0.5, 0.6) is 5.75 Å². The monoisotopic (exact) mass is 401 g/mol. The van der Waals surface area contributed by atoms with Crippen molar-refractivity contribution in [1.82, 2.24) is 14.1 Å². The van der Waals surface area contributed by atoms with Gasteiger partial charge in [0.25, 0.3) is 11.1 Å². The lowest BCUT2D eigenvalue weighted by Crippen LogP contribution is -2.32. The van der Waals surface area contributed by atoms with E-state index in [0.717, 1.165) is 6.07 Å². The number of halogens is 1. The minimum atomic E-state index is -1.44. The van der Waals surface area contributed by atoms with E-state index in [0.29, 0.717) is 16.9 Å². The predicted octanol–water partition coefficient (Wildman–Crippen LogP) is 2.59. The van der Waals surface area contributed by atoms with Crippen molar-refractivity contribution in [3.8, 4) is 17.3 Å². The van der Waals surface area contributed by atoms with Crippen molar-refractivity contribution >= 4 is 11.6 Å². The first-order valence-corrected chi connectivity index (χ1v) is 8.92. The van der Waals surface area contributed by atoms with Gasteiger partial charge in [-0.25, -0.2) is 4.98 Å². The molecule has 0 spiro atoms. The van der Waals surface area contributed by atoms with Crippen molar-refractivity contribution in [2.45, 2.75) is 33.3 Å². The van der Waals surface area contributed by atoms with Gasteiger partial charge in [-0.2, -0.15) is 0 Å². The summed E-state index contributed by atoms with van der Waals surface area (Å²) in [5.41, 5.74) is -0.515. The SMILES string of the molecule is Cc1cnc(-n2ccc(Cl)c(C(C)(C)O)c2=O)cc1-n1c(C)cc(O)cc1=O. The summed E-state index contributed by atoms with van der Waals surface area (Å²) >= 11 is 6.12. The Labute approximate surface area is 166 Å². The number of rotatable bonds is 3. The second-order valence-corrected chi connectivity index (χ2v) is 7.54. The second kappa shape index (κ2) is 6.92. The van der Waals surface area contributed by atoms with E-state index in [1.807, 2.05) is 0 Å². The maximum Gasteiger partial charge on any atom is 0.263 e. The molecule has 0 radical (unpaired) electrons. The number of aromatic hydroxyl groups is 1. The number of aryl methyl sites for hydroxylation is 2. The molecule has 0 unspecified atom stereocenters. The van der Waals surface area contributed by atoms with Crippen LogP contribution in [-0.4, -0.2) is 24.3 Å². The number of pyridine rings is 3. The Hall–Kier alpha value is -2.90. The van der Waals surface area contributed by atoms with Crippen molar-refractivity contribution in [1.29, 1.82) is 0 Å². The van der Waals surface area contributed by atoms with E-state index >= 15 is 0 Å². The zero-order valence-electron chi connectivity index (χ0n) is 15.9. The molecule has 3 aromatic heterocycles. The number of aliphatic hydroxyl groups is 1. The minimum absolute atomic E-state index is 0.0542. The third kappa shape index (κ3) is 3.46. The largest absolute Gasteiger partial charge is 0.508 e. The van der Waals surface area contributed by atoms with E-state index < -0.39 is 16.7 Å². The summed E-state index contributed by atoms with van der Waals surface area (Å²) in [5.74, 6) is 0.154. The Morgan fingerprint density at radius 1 is 1.14 bits per heavy atom. The molecule has 0 aliphatic carbocycles. The molecule has 28 heavy (non-hydrogen) atoms. The van der Waals surface area contributed by atoms with Crippen LogP contribution in [0, 0.1) is 13.8 Å². The topological polar surface area (TPSA) is 97.3 Å². The quantitative estimate of drug-likeness (QED) is 0.703. The minimum Gasteiger partial charge on any atom is -0.508 e. The highest BCUT2D eigenvalue weighted by molar-refractivity contribution is 6.31. The number of nitrogens with zero attached hydrogens (tertiary/aromatic N) is 3. The highest BCUT2D eigenvalue weighted by Crippen LogP contribution is 2.25. The second-order valence-electron chi connectivity index (χ2n) is 7.13. The summed E-state index contributed by atoms with van der Waals surface area (Å²) in [6.07, 6.45) is 3.02. The first kappa shape index (κ1) is 19.9. The Morgan fingerprint density at radius 3 is 2.43 bits per heavy atom. The number of hydrogen-bond acceptors (Lipinski definition) is 5. The van der Waals surface area contributed by atoms with E-state index in [-0.39, 0.29) is 22.2 Å². The van der Waals surface area contributed by atoms with Gasteiger partial charge in [-0.3, -0.25) is 18.7 Å². The Kier molecular flexibility index (Phi) is 4.91. The van der Waals surface area contributed by atoms with Gasteiger partial charge in [-0.15, -0.1) is 0 Å². The van der Waals surface area contributed by atoms with Crippen molar-refractivity contribution in [3.63, 3.8) is 0 Å². The van der Waals surface area contributed by atoms with Crippen LogP contribution in [0.1, 0.15) is 30.7 Å². The molecule has 0 fully saturated rings. The highest BCUT2D eigenvalue weighted by Gasteiger charge is 2.25. The highest BCUT2D eigenvalue weighted by atomic mass is 35.5. The van der Waals surface area contributed by atoms with E-state index in [1.165, 1.54) is 41.3 Å². The smallest absolute Gasteiger partial charge is 0.263 e. The summed E-state index contributed by atoms with van der Waals surface area (Å²) in [6, 6.07) is 5.70. The Bertz CT molecular complexity index is 1190. The summed E-state index contributed by atoms with van der Waals surface area (Å²) < 4.78 is 2.70. The van der Waals surface area contributed by atoms with Gasteiger partial charge < -0.3 is 10.2 Å². The van der Waals surface area contributed by atoms with Crippen molar-refractivity contribution in [2.24, 2.45) is 0 Å². The van der Waals surface area contributed by atoms with Crippen LogP contribution in [0.25, 0.3) is 11.5 Å². The fourth-order valence-corrected chi connectivity index (χ4v) is 3.49. The van der Waals surface area contributed by atoms with Crippen molar-refractivity contribution in [2.75, 3.05) is 0 Å². The molecule has 7 nitrogen and oxygen atoms in total. The molecule has 0 aromatic carbocycles. The fourth-order valence-electron chi connectivity index (χ4n) is 3.12. The lowest BCUT2D eigenvalue weighted by molar-refractivity contribution is 0.0769. The molecule has 2 N–H and O–H groups in total. The van der Waals surface area contributed by atoms with E-state index in [9.17, 15) is 19.8 Å². The molecule has 3 rings (SSSR count). The lowest BCUT2D eigenvalue weighted by atomic mass is 10.00. The van der Waals surface area contributed by atoms with Crippen LogP contribution in [0.15, 0.2) is 46.2 Å². The fraction of sp³-hybridized carbons (Fsp3) is 0.250. The maximum atomic E-state index is 12.9. The van der Waals surface area contributed by atoms with E-state index in [4.69, 9.17) is 11.6 Å². The van der Waals surface area contributed by atoms with Crippen LogP contribution < -0.4 is 11.1 Å². The average Bonchev–Trinajstić information content (AvgIpc) is 2.55. The molecule has 146 valence electrons. The summed E-state index contributed by atoms with van der Waals surface area (Å²) in [5, 5.41) is 20.1. The standard InChI is InChI=1S/C20H20ClN3O4/c1-11-10-22-16(9-15(11)24-12(2)7-13(25)8-17(24)26)23-6-5-14(21)18(19(23)27)20(3,4)28/h5-10,25,28H,1-4H3. The third-order valence-electron chi connectivity index (χ3n) is 4.40. The molecule has 0 amide bonds. The zero-order chi connectivity index (χ0) is 20.8. The molecular formula is C20H20ClN3O4. The third-order valence-corrected chi connectivity index (χ3v) is 4.72. The molecule has 0 atom stereocenters. The molecule has 3 heterocycles. The zero-order valence-corrected chi connectivity index (χ0v) is 16.7. The summed E-state index contributed by atoms with van der Waals surface area (Å²) in [7, 11) is 0. The van der Waals surface area contributed by atoms with Gasteiger partial charge in [0.2, 0.25) is 0 Å². The number of hydrogen-bond donors (Lipinski definition) is 2. The molecule has 0 saturated carbocycles. The van der Waals surface area contributed by atoms with Crippen molar-refractivity contribution < 1.29 is 10.2 Å². The first-order valence-electron chi connectivity index (χ1n) is 8.55. The van der Waals surface area contributed by atoms with Crippen molar-refractivity contribution in [3.05, 3.63) is 79.2 Å². The van der Waals surface area contributed by atoms with Crippen LogP contribution >= 0.6 is 11.6 Å². The maximum absolute atomic E-state index is 12.9. The summed E-state index contributed by atoms with van der Waals surface area (Å²) in [6.45, 7) is 6.44. The normalized spacial score (nSPS) is 11.6. The molecular weight excluding hydrogens is 382 g/mol. The molecule has 3 aromatic rings. The molecule has 0 aliphatic heterocycles. The van der Waals surface area contributed by atoms with Gasteiger partial charge in [0.05, 0.1) is 21.9 Å². The van der Waals surface area contributed by atoms with Crippen LogP contribution in [0.4, 0.5) is 0 Å². The molecule has 0 saturated heterocycles. The Balaban J connectivity index is 2.28. The van der Waals surface area contributed by atoms with Gasteiger partial charge in [0.15, 0.2) is 0 Å². The van der Waals surface area contributed by atoms with Crippen LogP contribution in [0.3, 0.4) is 0 Å². The first-order chi connectivity index (χ1) is 13.0. The van der Waals surface area contributed by atoms with Gasteiger partial charge >= 0.3 is 0 Å². The van der Waals surface area contributed by atoms with E-state index in [1.54, 1.807) is 26.1 Å². The van der Waals surface area contributed by atoms with Gasteiger partial charge in [-0.1, -0.05) is 11.6 Å². The average molecular weight is 402 g/mol. The van der Waals surface area contributed by atoms with Gasteiger partial charge in [0.1, 0.15) is 11.6 Å². The van der Waals surface area contributed by atoms with Crippen LogP contribution in [-0.2, 0) is 5.60 Å². The molecule has 0 bridgehead atoms. The van der Waals surface area contributed by atoms with Crippen LogP contribution in [0.2, 0.25) is 5.02 Å². The Morgan fingerprint density at radius 2 is 1.82 bits per heavy atom. The molecule has 0 aliphatic rings. The van der Waals surface area contributed by atoms with Gasteiger partial charge in [0, 0.05) is 30.2 Å². The molecule has 8 heteroatoms. The van der Waals surface area contributed by atoms with Gasteiger partial charge in [-0.05, 0) is 45.4 Å². The summed E-state index contributed by atoms with van der Waals surface area (Å²) in [4.78, 5) is 29.6. The van der Waals surface area contributed by atoms with E-state index in [2.05, 4.69) is 4.98 Å².